The van der Waals surface area contributed by atoms with E-state index < -0.39 is 6.29 Å². The van der Waals surface area contributed by atoms with Crippen LogP contribution in [-0.4, -0.2) is 30.6 Å². The first-order chi connectivity index (χ1) is 8.27. The van der Waals surface area contributed by atoms with Gasteiger partial charge in [-0.25, -0.2) is 0 Å². The van der Waals surface area contributed by atoms with Crippen molar-refractivity contribution in [1.29, 1.82) is 0 Å². The molecule has 2 bridgehead atoms. The van der Waals surface area contributed by atoms with E-state index in [1.165, 1.54) is 11.3 Å². The van der Waals surface area contributed by atoms with Crippen LogP contribution in [0, 0.1) is 17.8 Å². The molecule has 5 atom stereocenters. The van der Waals surface area contributed by atoms with Crippen LogP contribution in [0.3, 0.4) is 0 Å². The summed E-state index contributed by atoms with van der Waals surface area (Å²) in [5.74, 6) is -0.218. The van der Waals surface area contributed by atoms with Crippen LogP contribution in [0.25, 0.3) is 0 Å². The topological polar surface area (TPSA) is 52.6 Å². The van der Waals surface area contributed by atoms with Gasteiger partial charge in [0.2, 0.25) is 6.29 Å². The predicted octanol–water partition coefficient (Wildman–Crippen LogP) is 1.12. The molecule has 17 heavy (non-hydrogen) atoms. The molecule has 3 heterocycles. The van der Waals surface area contributed by atoms with E-state index in [0.29, 0.717) is 6.61 Å². The Hall–Kier alpha value is -1.04. The van der Waals surface area contributed by atoms with Crippen LogP contribution in [0.15, 0.2) is 17.5 Å². The average molecular weight is 250 g/mol. The molecule has 0 unspecified atom stereocenters. The van der Waals surface area contributed by atoms with E-state index in [4.69, 9.17) is 9.47 Å². The monoisotopic (exact) mass is 250 g/mol. The van der Waals surface area contributed by atoms with E-state index in [2.05, 4.69) is 0 Å². The van der Waals surface area contributed by atoms with E-state index in [1.54, 1.807) is 0 Å². The minimum Gasteiger partial charge on any atom is -0.343 e. The van der Waals surface area contributed by atoms with Crippen LogP contribution in [0.2, 0.25) is 0 Å². The largest absolute Gasteiger partial charge is 0.343 e. The number of carbonyl (C=O) groups is 2. The molecule has 0 radical (unpaired) electrons. The molecule has 1 aliphatic carbocycles. The number of Topliss-reactive ketones (excluding diaryl/α,β-unsaturated/α-hetero) is 2. The van der Waals surface area contributed by atoms with Crippen LogP contribution in [-0.2, 0) is 14.3 Å². The number of rotatable bonds is 2. The lowest BCUT2D eigenvalue weighted by atomic mass is 10.1. The first-order valence-corrected chi connectivity index (χ1v) is 6.54. The Morgan fingerprint density at radius 2 is 2.35 bits per heavy atom. The third kappa shape index (κ3) is 1.24. The van der Waals surface area contributed by atoms with Gasteiger partial charge in [-0.2, -0.15) is 0 Å². The molecule has 4 nitrogen and oxygen atoms in total. The highest BCUT2D eigenvalue weighted by atomic mass is 32.1. The smallest absolute Gasteiger partial charge is 0.218 e. The molecule has 5 heteroatoms. The molecule has 0 amide bonds. The highest BCUT2D eigenvalue weighted by Gasteiger charge is 2.68. The summed E-state index contributed by atoms with van der Waals surface area (Å²) in [6, 6.07) is 3.68. The summed E-state index contributed by atoms with van der Waals surface area (Å²) in [7, 11) is 0. The summed E-state index contributed by atoms with van der Waals surface area (Å²) in [4.78, 5) is 24.9. The maximum atomic E-state index is 12.2. The minimum atomic E-state index is -0.706. The molecule has 1 aromatic heterocycles. The third-order valence-corrected chi connectivity index (χ3v) is 4.73. The summed E-state index contributed by atoms with van der Waals surface area (Å²) in [5, 5.41) is 1.88. The standard InChI is InChI=1S/C12H10O4S/c13-10(6-2-1-3-17-6)8-7-5-4-15-12(16-5)11(14)9(7)8/h1-3,5,7-9,12H,4H2/t5-,7+,8+,9-,12+/m0/s1. The Kier molecular flexibility index (Phi) is 1.90. The molecule has 2 aliphatic heterocycles. The van der Waals surface area contributed by atoms with E-state index in [9.17, 15) is 9.59 Å². The van der Waals surface area contributed by atoms with Crippen molar-refractivity contribution in [3.63, 3.8) is 0 Å². The molecule has 2 saturated heterocycles. The predicted molar refractivity (Wildman–Crippen MR) is 58.7 cm³/mol. The van der Waals surface area contributed by atoms with Gasteiger partial charge in [-0.05, 0) is 11.4 Å². The lowest BCUT2D eigenvalue weighted by Crippen LogP contribution is -2.30. The Morgan fingerprint density at radius 3 is 3.12 bits per heavy atom. The quantitative estimate of drug-likeness (QED) is 0.738. The van der Waals surface area contributed by atoms with Gasteiger partial charge in [-0.15, -0.1) is 11.3 Å². The van der Waals surface area contributed by atoms with Crippen molar-refractivity contribution in [2.75, 3.05) is 6.61 Å². The van der Waals surface area contributed by atoms with E-state index >= 15 is 0 Å². The fourth-order valence-corrected chi connectivity index (χ4v) is 3.73. The number of fused-ring (bicyclic) bond motifs is 4. The first-order valence-electron chi connectivity index (χ1n) is 5.66. The van der Waals surface area contributed by atoms with Gasteiger partial charge in [0.15, 0.2) is 11.6 Å². The van der Waals surface area contributed by atoms with Gasteiger partial charge < -0.3 is 9.47 Å². The normalized spacial score (nSPS) is 42.4. The number of thiophene rings is 1. The molecular weight excluding hydrogens is 240 g/mol. The second kappa shape index (κ2) is 3.25. The van der Waals surface area contributed by atoms with E-state index in [-0.39, 0.29) is 35.4 Å². The van der Waals surface area contributed by atoms with Crippen molar-refractivity contribution in [1.82, 2.24) is 0 Å². The summed E-state index contributed by atoms with van der Waals surface area (Å²) < 4.78 is 10.7. The van der Waals surface area contributed by atoms with Crippen molar-refractivity contribution in [3.05, 3.63) is 22.4 Å². The molecule has 3 aliphatic rings. The summed E-state index contributed by atoms with van der Waals surface area (Å²) >= 11 is 1.43. The van der Waals surface area contributed by atoms with Gasteiger partial charge in [-0.3, -0.25) is 9.59 Å². The van der Waals surface area contributed by atoms with Crippen molar-refractivity contribution in [2.24, 2.45) is 17.8 Å². The fourth-order valence-electron chi connectivity index (χ4n) is 3.01. The van der Waals surface area contributed by atoms with Gasteiger partial charge in [-0.1, -0.05) is 6.07 Å². The molecule has 1 saturated carbocycles. The highest BCUT2D eigenvalue weighted by Crippen LogP contribution is 2.57. The molecule has 0 N–H and O–H groups in total. The lowest BCUT2D eigenvalue weighted by molar-refractivity contribution is -0.153. The minimum absolute atomic E-state index is 0.0429. The maximum Gasteiger partial charge on any atom is 0.218 e. The van der Waals surface area contributed by atoms with Crippen LogP contribution in [0.5, 0.6) is 0 Å². The first kappa shape index (κ1) is 9.94. The maximum absolute atomic E-state index is 12.2. The SMILES string of the molecule is O=C1[C@@H]2OC[C@H](O2)[C@H]2[C@H]1[C@@H]2C(=O)c1cccs1. The zero-order valence-electron chi connectivity index (χ0n) is 8.87. The Bertz CT molecular complexity index is 495. The molecular formula is C12H10O4S. The van der Waals surface area contributed by atoms with Gasteiger partial charge in [0.25, 0.3) is 0 Å². The van der Waals surface area contributed by atoms with Gasteiger partial charge in [0.05, 0.1) is 17.6 Å². The Balaban J connectivity index is 1.63. The van der Waals surface area contributed by atoms with Crippen molar-refractivity contribution < 1.29 is 19.1 Å². The van der Waals surface area contributed by atoms with Gasteiger partial charge in [0, 0.05) is 17.8 Å². The molecule has 0 spiro atoms. The summed E-state index contributed by atoms with van der Waals surface area (Å²) in [6.45, 7) is 0.450. The number of ether oxygens (including phenoxy) is 2. The van der Waals surface area contributed by atoms with Gasteiger partial charge in [0.1, 0.15) is 0 Å². The molecule has 88 valence electrons. The number of hydrogen-bond acceptors (Lipinski definition) is 5. The van der Waals surface area contributed by atoms with Gasteiger partial charge >= 0.3 is 0 Å². The Labute approximate surface area is 102 Å². The van der Waals surface area contributed by atoms with E-state index in [1.807, 2.05) is 17.5 Å². The van der Waals surface area contributed by atoms with Crippen LogP contribution < -0.4 is 0 Å². The molecule has 4 rings (SSSR count). The molecule has 0 aromatic carbocycles. The lowest BCUT2D eigenvalue weighted by Gasteiger charge is -2.14. The van der Waals surface area contributed by atoms with Crippen molar-refractivity contribution >= 4 is 22.9 Å². The third-order valence-electron chi connectivity index (χ3n) is 3.84. The van der Waals surface area contributed by atoms with Crippen molar-refractivity contribution in [3.8, 4) is 0 Å². The fraction of sp³-hybridized carbons (Fsp3) is 0.500. The number of hydrogen-bond donors (Lipinski definition) is 0. The molecule has 3 fully saturated rings. The number of ketones is 2. The average Bonchev–Trinajstić information content (AvgIpc) is 2.77. The van der Waals surface area contributed by atoms with Crippen LogP contribution in [0.4, 0.5) is 0 Å². The zero-order chi connectivity index (χ0) is 11.6. The highest BCUT2D eigenvalue weighted by molar-refractivity contribution is 7.12. The second-order valence-corrected chi connectivity index (χ2v) is 5.66. The summed E-state index contributed by atoms with van der Waals surface area (Å²) in [5.41, 5.74) is 0. The Morgan fingerprint density at radius 1 is 1.47 bits per heavy atom. The zero-order valence-corrected chi connectivity index (χ0v) is 9.68. The van der Waals surface area contributed by atoms with E-state index in [0.717, 1.165) is 4.88 Å². The van der Waals surface area contributed by atoms with Crippen molar-refractivity contribution in [2.45, 2.75) is 12.4 Å². The van der Waals surface area contributed by atoms with Crippen LogP contribution >= 0.6 is 11.3 Å². The summed E-state index contributed by atoms with van der Waals surface area (Å²) in [6.07, 6.45) is -0.765. The second-order valence-electron chi connectivity index (χ2n) is 4.71. The van der Waals surface area contributed by atoms with Crippen LogP contribution in [0.1, 0.15) is 9.67 Å². The molecule has 1 aromatic rings. The number of carbonyl (C=O) groups excluding carboxylic acids is 2.